The lowest BCUT2D eigenvalue weighted by molar-refractivity contribution is -0.137. The standard InChI is InChI=1S/C19H22F3NO/c1-3-14(2)17-9-4-5-10-18(17)24-12-11-23-16-8-6-7-15(13-16)19(20,21)22/h4-10,13-14,23H,3,11-12H2,1-2H3. The van der Waals surface area contributed by atoms with Gasteiger partial charge in [0.25, 0.3) is 0 Å². The van der Waals surface area contributed by atoms with E-state index in [1.807, 2.05) is 24.3 Å². The van der Waals surface area contributed by atoms with Gasteiger partial charge in [-0.1, -0.05) is 38.1 Å². The molecule has 0 aliphatic rings. The predicted molar refractivity (Wildman–Crippen MR) is 90.6 cm³/mol. The van der Waals surface area contributed by atoms with Crippen LogP contribution in [0.4, 0.5) is 18.9 Å². The number of halogens is 3. The Bertz CT molecular complexity index is 655. The molecule has 2 aromatic carbocycles. The van der Waals surface area contributed by atoms with Gasteiger partial charge in [0.15, 0.2) is 0 Å². The summed E-state index contributed by atoms with van der Waals surface area (Å²) in [7, 11) is 0. The maximum absolute atomic E-state index is 12.7. The van der Waals surface area contributed by atoms with Crippen LogP contribution in [-0.4, -0.2) is 13.2 Å². The first kappa shape index (κ1) is 18.2. The fourth-order valence-corrected chi connectivity index (χ4v) is 2.40. The third-order valence-corrected chi connectivity index (χ3v) is 3.94. The molecule has 0 saturated heterocycles. The quantitative estimate of drug-likeness (QED) is 0.653. The van der Waals surface area contributed by atoms with Crippen LogP contribution in [-0.2, 0) is 6.18 Å². The zero-order valence-electron chi connectivity index (χ0n) is 13.9. The highest BCUT2D eigenvalue weighted by Crippen LogP contribution is 2.31. The molecular formula is C19H22F3NO. The number of para-hydroxylation sites is 1. The Morgan fingerprint density at radius 1 is 1.08 bits per heavy atom. The zero-order chi connectivity index (χ0) is 17.6. The minimum atomic E-state index is -4.33. The highest BCUT2D eigenvalue weighted by atomic mass is 19.4. The third-order valence-electron chi connectivity index (χ3n) is 3.94. The number of benzene rings is 2. The number of nitrogens with one attached hydrogen (secondary N) is 1. The van der Waals surface area contributed by atoms with E-state index in [1.165, 1.54) is 6.07 Å². The van der Waals surface area contributed by atoms with Crippen LogP contribution in [0.1, 0.15) is 37.3 Å². The van der Waals surface area contributed by atoms with Crippen LogP contribution in [0.3, 0.4) is 0 Å². The van der Waals surface area contributed by atoms with E-state index < -0.39 is 11.7 Å². The molecule has 0 aromatic heterocycles. The van der Waals surface area contributed by atoms with Gasteiger partial charge in [-0.3, -0.25) is 0 Å². The zero-order valence-corrected chi connectivity index (χ0v) is 13.9. The number of hydrogen-bond donors (Lipinski definition) is 1. The minimum absolute atomic E-state index is 0.379. The first-order valence-corrected chi connectivity index (χ1v) is 8.04. The molecule has 1 unspecified atom stereocenters. The molecule has 2 rings (SSSR count). The van der Waals surface area contributed by atoms with E-state index >= 15 is 0 Å². The van der Waals surface area contributed by atoms with Crippen molar-refractivity contribution >= 4 is 5.69 Å². The fourth-order valence-electron chi connectivity index (χ4n) is 2.40. The Labute approximate surface area is 140 Å². The van der Waals surface area contributed by atoms with E-state index in [4.69, 9.17) is 4.74 Å². The molecule has 0 fully saturated rings. The Hall–Kier alpha value is -2.17. The molecule has 5 heteroatoms. The lowest BCUT2D eigenvalue weighted by Gasteiger charge is -2.16. The lowest BCUT2D eigenvalue weighted by atomic mass is 9.98. The first-order valence-electron chi connectivity index (χ1n) is 8.04. The number of rotatable bonds is 7. The van der Waals surface area contributed by atoms with Crippen molar-refractivity contribution in [2.75, 3.05) is 18.5 Å². The number of hydrogen-bond acceptors (Lipinski definition) is 2. The smallest absolute Gasteiger partial charge is 0.416 e. The van der Waals surface area contributed by atoms with Crippen LogP contribution in [0, 0.1) is 0 Å². The molecule has 2 aromatic rings. The second-order valence-corrected chi connectivity index (χ2v) is 5.70. The van der Waals surface area contributed by atoms with E-state index in [9.17, 15) is 13.2 Å². The van der Waals surface area contributed by atoms with Crippen LogP contribution >= 0.6 is 0 Å². The highest BCUT2D eigenvalue weighted by Gasteiger charge is 2.30. The van der Waals surface area contributed by atoms with Crippen LogP contribution in [0.25, 0.3) is 0 Å². The molecule has 0 aliphatic heterocycles. The van der Waals surface area contributed by atoms with E-state index in [2.05, 4.69) is 19.2 Å². The summed E-state index contributed by atoms with van der Waals surface area (Å²) in [6.07, 6.45) is -3.31. The summed E-state index contributed by atoms with van der Waals surface area (Å²) in [6, 6.07) is 13.0. The average molecular weight is 337 g/mol. The molecule has 0 radical (unpaired) electrons. The van der Waals surface area contributed by atoms with Crippen molar-refractivity contribution in [3.63, 3.8) is 0 Å². The molecule has 0 saturated carbocycles. The van der Waals surface area contributed by atoms with E-state index in [-0.39, 0.29) is 0 Å². The van der Waals surface area contributed by atoms with Crippen molar-refractivity contribution in [2.24, 2.45) is 0 Å². The van der Waals surface area contributed by atoms with Gasteiger partial charge in [0.1, 0.15) is 12.4 Å². The van der Waals surface area contributed by atoms with Gasteiger partial charge in [-0.25, -0.2) is 0 Å². The van der Waals surface area contributed by atoms with Gasteiger partial charge in [-0.2, -0.15) is 13.2 Å². The molecule has 24 heavy (non-hydrogen) atoms. The van der Waals surface area contributed by atoms with Crippen LogP contribution in [0.5, 0.6) is 5.75 Å². The van der Waals surface area contributed by atoms with Gasteiger partial charge >= 0.3 is 6.18 Å². The lowest BCUT2D eigenvalue weighted by Crippen LogP contribution is -2.13. The van der Waals surface area contributed by atoms with Gasteiger partial charge in [-0.05, 0) is 42.2 Å². The summed E-state index contributed by atoms with van der Waals surface area (Å²) >= 11 is 0. The SMILES string of the molecule is CCC(C)c1ccccc1OCCNc1cccc(C(F)(F)F)c1. The summed E-state index contributed by atoms with van der Waals surface area (Å²) in [4.78, 5) is 0. The van der Waals surface area contributed by atoms with Crippen molar-refractivity contribution < 1.29 is 17.9 Å². The summed E-state index contributed by atoms with van der Waals surface area (Å²) in [6.45, 7) is 5.07. The molecule has 1 N–H and O–H groups in total. The van der Waals surface area contributed by atoms with Crippen molar-refractivity contribution in [1.29, 1.82) is 0 Å². The monoisotopic (exact) mass is 337 g/mol. The maximum Gasteiger partial charge on any atom is 0.416 e. The van der Waals surface area contributed by atoms with Crippen LogP contribution < -0.4 is 10.1 Å². The Morgan fingerprint density at radius 2 is 1.83 bits per heavy atom. The first-order chi connectivity index (χ1) is 11.4. The van der Waals surface area contributed by atoms with Gasteiger partial charge in [0.05, 0.1) is 5.56 Å². The van der Waals surface area contributed by atoms with E-state index in [0.29, 0.717) is 24.8 Å². The largest absolute Gasteiger partial charge is 0.491 e. The number of ether oxygens (including phenoxy) is 1. The normalized spacial score (nSPS) is 12.7. The predicted octanol–water partition coefficient (Wildman–Crippen LogP) is 5.71. The molecule has 1 atom stereocenters. The minimum Gasteiger partial charge on any atom is -0.491 e. The molecular weight excluding hydrogens is 315 g/mol. The Kier molecular flexibility index (Phi) is 6.12. The summed E-state index contributed by atoms with van der Waals surface area (Å²) in [5, 5.41) is 2.97. The van der Waals surface area contributed by atoms with Gasteiger partial charge in [0.2, 0.25) is 0 Å². The van der Waals surface area contributed by atoms with E-state index in [0.717, 1.165) is 29.9 Å². The molecule has 0 heterocycles. The Morgan fingerprint density at radius 3 is 2.54 bits per heavy atom. The van der Waals surface area contributed by atoms with Crippen molar-refractivity contribution in [3.05, 3.63) is 59.7 Å². The second kappa shape index (κ2) is 8.08. The van der Waals surface area contributed by atoms with Gasteiger partial charge in [0, 0.05) is 12.2 Å². The molecule has 130 valence electrons. The van der Waals surface area contributed by atoms with Crippen LogP contribution in [0.2, 0.25) is 0 Å². The van der Waals surface area contributed by atoms with Gasteiger partial charge in [-0.15, -0.1) is 0 Å². The Balaban J connectivity index is 1.90. The number of anilines is 1. The second-order valence-electron chi connectivity index (χ2n) is 5.70. The summed E-state index contributed by atoms with van der Waals surface area (Å²) in [5.41, 5.74) is 0.929. The summed E-state index contributed by atoms with van der Waals surface area (Å²) in [5.74, 6) is 1.23. The van der Waals surface area contributed by atoms with E-state index in [1.54, 1.807) is 6.07 Å². The number of alkyl halides is 3. The maximum atomic E-state index is 12.7. The third kappa shape index (κ3) is 4.91. The topological polar surface area (TPSA) is 21.3 Å². The average Bonchev–Trinajstić information content (AvgIpc) is 2.58. The molecule has 0 bridgehead atoms. The van der Waals surface area contributed by atoms with Crippen molar-refractivity contribution in [1.82, 2.24) is 0 Å². The van der Waals surface area contributed by atoms with Crippen LogP contribution in [0.15, 0.2) is 48.5 Å². The molecule has 0 aliphatic carbocycles. The molecule has 0 spiro atoms. The summed E-state index contributed by atoms with van der Waals surface area (Å²) < 4.78 is 43.8. The van der Waals surface area contributed by atoms with Crippen molar-refractivity contribution in [3.8, 4) is 5.75 Å². The highest BCUT2D eigenvalue weighted by molar-refractivity contribution is 5.46. The molecule has 0 amide bonds. The molecule has 2 nitrogen and oxygen atoms in total. The fraction of sp³-hybridized carbons (Fsp3) is 0.368. The van der Waals surface area contributed by atoms with Crippen molar-refractivity contribution in [2.45, 2.75) is 32.4 Å². The van der Waals surface area contributed by atoms with Gasteiger partial charge < -0.3 is 10.1 Å².